The summed E-state index contributed by atoms with van der Waals surface area (Å²) in [4.78, 5) is 12.7. The van der Waals surface area contributed by atoms with Crippen LogP contribution in [-0.2, 0) is 19.6 Å². The monoisotopic (exact) mass is 422 g/mol. The Kier molecular flexibility index (Phi) is 7.59. The van der Waals surface area contributed by atoms with Gasteiger partial charge in [-0.25, -0.2) is 0 Å². The average Bonchev–Trinajstić information content (AvgIpc) is 2.50. The van der Waals surface area contributed by atoms with Crippen molar-refractivity contribution in [3.05, 3.63) is 0 Å². The van der Waals surface area contributed by atoms with Crippen LogP contribution in [0, 0.1) is 16.2 Å². The lowest BCUT2D eigenvalue weighted by atomic mass is 9.58. The van der Waals surface area contributed by atoms with E-state index in [0.717, 1.165) is 0 Å². The van der Waals surface area contributed by atoms with Gasteiger partial charge < -0.3 is 4.74 Å². The van der Waals surface area contributed by atoms with Crippen LogP contribution in [0.2, 0.25) is 0 Å². The number of hydrogen-bond acceptors (Lipinski definition) is 4. The number of carbonyl (C=O) groups is 1. The second-order valence-corrected chi connectivity index (χ2v) is 10.00. The highest BCUT2D eigenvalue weighted by atomic mass is 32.2. The van der Waals surface area contributed by atoms with Crippen molar-refractivity contribution in [2.75, 3.05) is 6.61 Å². The highest BCUT2D eigenvalue weighted by molar-refractivity contribution is 7.87. The van der Waals surface area contributed by atoms with E-state index in [1.54, 1.807) is 20.8 Å². The molecule has 5 nitrogen and oxygen atoms in total. The largest absolute Gasteiger partial charge is 0.459 e. The van der Waals surface area contributed by atoms with Gasteiger partial charge in [0.05, 0.1) is 5.41 Å². The van der Waals surface area contributed by atoms with E-state index in [4.69, 9.17) is 4.55 Å². The summed E-state index contributed by atoms with van der Waals surface area (Å²) in [7, 11) is -6.38. The van der Waals surface area contributed by atoms with Gasteiger partial charge in [0.25, 0.3) is 0 Å². The molecule has 0 saturated heterocycles. The number of carbonyl (C=O) groups excluding carboxylic acids is 1. The molecular weight excluding hydrogens is 392 g/mol. The summed E-state index contributed by atoms with van der Waals surface area (Å²) >= 11 is 0. The molecule has 1 unspecified atom stereocenters. The van der Waals surface area contributed by atoms with Crippen LogP contribution < -0.4 is 0 Å². The summed E-state index contributed by atoms with van der Waals surface area (Å²) in [5.74, 6) is -6.41. The SMILES string of the molecule is CCC(C)(C)CC(C)(C(=O)OCC(F)(F)C(F)(F)S(=O)(=O)O)C(C)(C)CC. The van der Waals surface area contributed by atoms with Crippen LogP contribution in [-0.4, -0.2) is 36.7 Å². The topological polar surface area (TPSA) is 80.7 Å². The van der Waals surface area contributed by atoms with E-state index in [2.05, 4.69) is 4.74 Å². The molecule has 27 heavy (non-hydrogen) atoms. The molecule has 0 spiro atoms. The van der Waals surface area contributed by atoms with E-state index < -0.39 is 44.7 Å². The van der Waals surface area contributed by atoms with Crippen molar-refractivity contribution < 1.29 is 40.1 Å². The molecule has 0 fully saturated rings. The summed E-state index contributed by atoms with van der Waals surface area (Å²) in [5, 5.41) is -5.78. The van der Waals surface area contributed by atoms with Crippen molar-refractivity contribution in [2.45, 2.75) is 78.9 Å². The Bertz CT molecular complexity index is 644. The Balaban J connectivity index is 5.75. The zero-order valence-electron chi connectivity index (χ0n) is 16.8. The smallest absolute Gasteiger partial charge is 0.435 e. The maximum atomic E-state index is 13.7. The van der Waals surface area contributed by atoms with Crippen molar-refractivity contribution >= 4 is 16.1 Å². The minimum Gasteiger partial charge on any atom is -0.459 e. The lowest BCUT2D eigenvalue weighted by molar-refractivity contribution is -0.206. The molecule has 1 atom stereocenters. The number of halogens is 4. The molecule has 0 aliphatic heterocycles. The Hall–Kier alpha value is -0.900. The molecule has 0 aliphatic rings. The zero-order chi connectivity index (χ0) is 22.1. The quantitative estimate of drug-likeness (QED) is 0.307. The van der Waals surface area contributed by atoms with E-state index >= 15 is 0 Å². The lowest BCUT2D eigenvalue weighted by Crippen LogP contribution is -2.52. The van der Waals surface area contributed by atoms with E-state index in [-0.39, 0.29) is 11.8 Å². The van der Waals surface area contributed by atoms with Crippen LogP contribution in [0.4, 0.5) is 17.6 Å². The number of hydrogen-bond donors (Lipinski definition) is 1. The molecule has 0 saturated carbocycles. The lowest BCUT2D eigenvalue weighted by Gasteiger charge is -2.46. The van der Waals surface area contributed by atoms with Crippen LogP contribution in [0.3, 0.4) is 0 Å². The van der Waals surface area contributed by atoms with Crippen molar-refractivity contribution in [3.8, 4) is 0 Å². The molecule has 0 aromatic carbocycles. The molecule has 0 aliphatic carbocycles. The van der Waals surface area contributed by atoms with Gasteiger partial charge in [0.15, 0.2) is 6.61 Å². The Labute approximate surface area is 158 Å². The van der Waals surface area contributed by atoms with Crippen molar-refractivity contribution in [1.82, 2.24) is 0 Å². The van der Waals surface area contributed by atoms with Gasteiger partial charge in [-0.2, -0.15) is 26.0 Å². The molecule has 0 radical (unpaired) electrons. The van der Waals surface area contributed by atoms with E-state index in [1.807, 2.05) is 20.8 Å². The van der Waals surface area contributed by atoms with Crippen LogP contribution in [0.5, 0.6) is 0 Å². The number of esters is 1. The molecule has 0 rings (SSSR count). The van der Waals surface area contributed by atoms with Crippen molar-refractivity contribution in [1.29, 1.82) is 0 Å². The second kappa shape index (κ2) is 7.85. The summed E-state index contributed by atoms with van der Waals surface area (Å²) < 4.78 is 87.9. The van der Waals surface area contributed by atoms with Gasteiger partial charge in [-0.3, -0.25) is 9.35 Å². The first-order valence-electron chi connectivity index (χ1n) is 8.60. The molecular formula is C17H30F4O5S. The minimum atomic E-state index is -6.38. The predicted molar refractivity (Wildman–Crippen MR) is 93.3 cm³/mol. The molecule has 0 heterocycles. The first-order chi connectivity index (χ1) is 11.7. The number of alkyl halides is 4. The van der Waals surface area contributed by atoms with Crippen LogP contribution in [0.1, 0.15) is 67.7 Å². The first kappa shape index (κ1) is 26.1. The normalized spacial score (nSPS) is 16.7. The molecule has 0 aromatic rings. The van der Waals surface area contributed by atoms with Crippen LogP contribution in [0.15, 0.2) is 0 Å². The van der Waals surface area contributed by atoms with Gasteiger partial charge in [0.1, 0.15) is 0 Å². The van der Waals surface area contributed by atoms with Gasteiger partial charge in [-0.15, -0.1) is 0 Å². The Morgan fingerprint density at radius 3 is 1.74 bits per heavy atom. The van der Waals surface area contributed by atoms with Crippen LogP contribution >= 0.6 is 0 Å². The highest BCUT2D eigenvalue weighted by Gasteiger charge is 2.66. The van der Waals surface area contributed by atoms with Gasteiger partial charge in [-0.1, -0.05) is 48.0 Å². The summed E-state index contributed by atoms with van der Waals surface area (Å²) in [5.41, 5.74) is -2.36. The summed E-state index contributed by atoms with van der Waals surface area (Å²) in [6.07, 6.45) is 1.40. The fraction of sp³-hybridized carbons (Fsp3) is 0.941. The van der Waals surface area contributed by atoms with E-state index in [0.29, 0.717) is 12.8 Å². The summed E-state index contributed by atoms with van der Waals surface area (Å²) in [6.45, 7) is 10.3. The number of ether oxygens (including phenoxy) is 1. The van der Waals surface area contributed by atoms with E-state index in [9.17, 15) is 30.8 Å². The minimum absolute atomic E-state index is 0.246. The Morgan fingerprint density at radius 2 is 1.41 bits per heavy atom. The highest BCUT2D eigenvalue weighted by Crippen LogP contribution is 2.50. The molecule has 0 aromatic heterocycles. The van der Waals surface area contributed by atoms with Gasteiger partial charge >= 0.3 is 27.3 Å². The third kappa shape index (κ3) is 5.34. The average molecular weight is 422 g/mol. The Morgan fingerprint density at radius 1 is 0.963 bits per heavy atom. The van der Waals surface area contributed by atoms with Gasteiger partial charge in [0.2, 0.25) is 0 Å². The first-order valence-corrected chi connectivity index (χ1v) is 10.0. The van der Waals surface area contributed by atoms with Crippen molar-refractivity contribution in [3.63, 3.8) is 0 Å². The van der Waals surface area contributed by atoms with Gasteiger partial charge in [-0.05, 0) is 30.6 Å². The van der Waals surface area contributed by atoms with E-state index in [1.165, 1.54) is 6.92 Å². The molecule has 10 heteroatoms. The second-order valence-electron chi connectivity index (χ2n) is 8.54. The predicted octanol–water partition coefficient (Wildman–Crippen LogP) is 4.91. The molecule has 0 bridgehead atoms. The fourth-order valence-electron chi connectivity index (χ4n) is 2.65. The molecule has 0 amide bonds. The maximum absolute atomic E-state index is 13.7. The fourth-order valence-corrected chi connectivity index (χ4v) is 3.08. The van der Waals surface area contributed by atoms with Crippen molar-refractivity contribution in [2.24, 2.45) is 16.2 Å². The third-order valence-electron chi connectivity index (χ3n) is 5.75. The van der Waals surface area contributed by atoms with Crippen LogP contribution in [0.25, 0.3) is 0 Å². The number of rotatable bonds is 10. The standard InChI is InChI=1S/C17H30F4O5S/c1-8-13(3,4)10-15(7,14(5,6)9-2)12(22)26-11-16(18,19)17(20,21)27(23,24)25/h8-11H2,1-7H3,(H,23,24,25). The van der Waals surface area contributed by atoms with Gasteiger partial charge in [0, 0.05) is 0 Å². The molecule has 162 valence electrons. The summed E-state index contributed by atoms with van der Waals surface area (Å²) in [6, 6.07) is 0. The molecule has 1 N–H and O–H groups in total. The zero-order valence-corrected chi connectivity index (χ0v) is 17.6. The maximum Gasteiger partial charge on any atom is 0.435 e. The third-order valence-corrected chi connectivity index (χ3v) is 6.70.